The van der Waals surface area contributed by atoms with E-state index in [0.717, 1.165) is 12.0 Å². The lowest BCUT2D eigenvalue weighted by Gasteiger charge is -2.03. The van der Waals surface area contributed by atoms with Crippen molar-refractivity contribution in [1.82, 2.24) is 0 Å². The van der Waals surface area contributed by atoms with Crippen molar-refractivity contribution in [3.8, 4) is 0 Å². The van der Waals surface area contributed by atoms with E-state index < -0.39 is 5.97 Å². The van der Waals surface area contributed by atoms with Crippen molar-refractivity contribution >= 4 is 35.5 Å². The molecule has 3 rings (SSSR count). The first-order chi connectivity index (χ1) is 12.6. The van der Waals surface area contributed by atoms with Crippen LogP contribution in [0.15, 0.2) is 59.2 Å². The number of halogens is 1. The third-order valence-corrected chi connectivity index (χ3v) is 3.85. The van der Waals surface area contributed by atoms with Gasteiger partial charge in [0.25, 0.3) is 0 Å². The predicted octanol–water partition coefficient (Wildman–Crippen LogP) is 4.25. The van der Waals surface area contributed by atoms with E-state index in [9.17, 15) is 9.59 Å². The predicted molar refractivity (Wildman–Crippen MR) is 99.1 cm³/mol. The molecule has 0 aromatic heterocycles. The normalized spacial score (nSPS) is 14.9. The van der Waals surface area contributed by atoms with Crippen LogP contribution in [0.4, 0.5) is 0 Å². The molecule has 26 heavy (non-hydrogen) atoms. The fraction of sp³-hybridized carbons (Fsp3) is 0.150. The molecule has 0 aliphatic carbocycles. The Labute approximate surface area is 155 Å². The number of cyclic esters (lactones) is 1. The first kappa shape index (κ1) is 17.9. The first-order valence-electron chi connectivity index (χ1n) is 8.12. The molecule has 132 valence electrons. The molecule has 0 bridgehead atoms. The van der Waals surface area contributed by atoms with E-state index in [0.29, 0.717) is 22.8 Å². The fourth-order valence-electron chi connectivity index (χ4n) is 2.28. The maximum absolute atomic E-state index is 12.0. The van der Waals surface area contributed by atoms with Crippen molar-refractivity contribution in [3.05, 3.63) is 75.9 Å². The topological polar surface area (TPSA) is 65.0 Å². The van der Waals surface area contributed by atoms with Gasteiger partial charge in [-0.15, -0.1) is 0 Å². The van der Waals surface area contributed by atoms with Crippen LogP contribution in [-0.4, -0.2) is 24.4 Å². The second-order valence-electron chi connectivity index (χ2n) is 5.60. The van der Waals surface area contributed by atoms with Crippen molar-refractivity contribution < 1.29 is 19.1 Å². The Morgan fingerprint density at radius 3 is 2.50 bits per heavy atom. The average Bonchev–Trinajstić information content (AvgIpc) is 3.01. The number of esters is 2. The lowest BCUT2D eigenvalue weighted by Crippen LogP contribution is -2.05. The van der Waals surface area contributed by atoms with E-state index in [-0.39, 0.29) is 17.6 Å². The van der Waals surface area contributed by atoms with E-state index in [1.165, 1.54) is 0 Å². The Balaban J connectivity index is 1.77. The molecule has 2 aromatic rings. The Morgan fingerprint density at radius 2 is 1.85 bits per heavy atom. The van der Waals surface area contributed by atoms with E-state index in [1.807, 2.05) is 6.92 Å². The van der Waals surface area contributed by atoms with Gasteiger partial charge in [0.05, 0.1) is 12.2 Å². The highest BCUT2D eigenvalue weighted by Crippen LogP contribution is 2.20. The third-order valence-electron chi connectivity index (χ3n) is 3.60. The monoisotopic (exact) mass is 369 g/mol. The Kier molecular flexibility index (Phi) is 5.49. The van der Waals surface area contributed by atoms with Gasteiger partial charge in [-0.25, -0.2) is 14.6 Å². The van der Waals surface area contributed by atoms with Gasteiger partial charge in [0.1, 0.15) is 0 Å². The highest BCUT2D eigenvalue weighted by molar-refractivity contribution is 6.30. The number of rotatable bonds is 5. The maximum atomic E-state index is 12.0. The SMILES string of the molecule is CCCOC(=O)c1ccc(/C=C2\N=C(c3ccc(Cl)cc3)OC2=O)cc1. The van der Waals surface area contributed by atoms with E-state index in [2.05, 4.69) is 4.99 Å². The third kappa shape index (κ3) is 4.18. The summed E-state index contributed by atoms with van der Waals surface area (Å²) >= 11 is 5.85. The summed E-state index contributed by atoms with van der Waals surface area (Å²) in [7, 11) is 0. The highest BCUT2D eigenvalue weighted by atomic mass is 35.5. The molecular formula is C20H16ClNO4. The minimum Gasteiger partial charge on any atom is -0.462 e. The number of carbonyl (C=O) groups excluding carboxylic acids is 2. The van der Waals surface area contributed by atoms with Gasteiger partial charge < -0.3 is 9.47 Å². The van der Waals surface area contributed by atoms with Gasteiger partial charge in [0.2, 0.25) is 5.90 Å². The maximum Gasteiger partial charge on any atom is 0.363 e. The lowest BCUT2D eigenvalue weighted by atomic mass is 10.1. The zero-order chi connectivity index (χ0) is 18.5. The fourth-order valence-corrected chi connectivity index (χ4v) is 2.40. The molecule has 0 fully saturated rings. The van der Waals surface area contributed by atoms with Crippen LogP contribution in [0, 0.1) is 0 Å². The number of carbonyl (C=O) groups is 2. The summed E-state index contributed by atoms with van der Waals surface area (Å²) in [6.07, 6.45) is 2.37. The number of hydrogen-bond acceptors (Lipinski definition) is 5. The van der Waals surface area contributed by atoms with Gasteiger partial charge in [-0.2, -0.15) is 0 Å². The van der Waals surface area contributed by atoms with Crippen molar-refractivity contribution in [2.75, 3.05) is 6.61 Å². The summed E-state index contributed by atoms with van der Waals surface area (Å²) in [5, 5.41) is 0.590. The Morgan fingerprint density at radius 1 is 1.15 bits per heavy atom. The largest absolute Gasteiger partial charge is 0.462 e. The minimum absolute atomic E-state index is 0.191. The quantitative estimate of drug-likeness (QED) is 0.583. The number of benzene rings is 2. The number of aliphatic imine (C=N–C) groups is 1. The molecule has 0 spiro atoms. The molecule has 0 N–H and O–H groups in total. The van der Waals surface area contributed by atoms with Gasteiger partial charge >= 0.3 is 11.9 Å². The molecule has 1 heterocycles. The van der Waals surface area contributed by atoms with Gasteiger partial charge in [0, 0.05) is 10.6 Å². The molecule has 5 nitrogen and oxygen atoms in total. The minimum atomic E-state index is -0.526. The molecule has 2 aromatic carbocycles. The van der Waals surface area contributed by atoms with Gasteiger partial charge in [-0.1, -0.05) is 30.7 Å². The van der Waals surface area contributed by atoms with Gasteiger partial charge in [-0.05, 0) is 54.5 Å². The molecular weight excluding hydrogens is 354 g/mol. The van der Waals surface area contributed by atoms with Gasteiger partial charge in [0.15, 0.2) is 5.70 Å². The van der Waals surface area contributed by atoms with Crippen molar-refractivity contribution in [1.29, 1.82) is 0 Å². The second kappa shape index (κ2) is 7.97. The summed E-state index contributed by atoms with van der Waals surface area (Å²) in [6.45, 7) is 2.32. The first-order valence-corrected chi connectivity index (χ1v) is 8.50. The van der Waals surface area contributed by atoms with Gasteiger partial charge in [-0.3, -0.25) is 0 Å². The van der Waals surface area contributed by atoms with Crippen LogP contribution in [0.5, 0.6) is 0 Å². The van der Waals surface area contributed by atoms with Crippen molar-refractivity contribution in [2.45, 2.75) is 13.3 Å². The molecule has 1 aliphatic rings. The standard InChI is InChI=1S/C20H16ClNO4/c1-2-11-25-19(23)15-5-3-13(4-6-15)12-17-20(24)26-18(22-17)14-7-9-16(21)10-8-14/h3-10,12H,2,11H2,1H3/b17-12-. The molecule has 0 unspecified atom stereocenters. The zero-order valence-electron chi connectivity index (χ0n) is 14.1. The van der Waals surface area contributed by atoms with Crippen LogP contribution >= 0.6 is 11.6 Å². The smallest absolute Gasteiger partial charge is 0.363 e. The Bertz CT molecular complexity index is 883. The van der Waals surface area contributed by atoms with Crippen molar-refractivity contribution in [2.24, 2.45) is 4.99 Å². The molecule has 0 atom stereocenters. The van der Waals surface area contributed by atoms with Crippen molar-refractivity contribution in [3.63, 3.8) is 0 Å². The molecule has 0 saturated carbocycles. The van der Waals surface area contributed by atoms with Crippen LogP contribution in [0.2, 0.25) is 5.02 Å². The molecule has 1 aliphatic heterocycles. The lowest BCUT2D eigenvalue weighted by molar-refractivity contribution is -0.129. The number of hydrogen-bond donors (Lipinski definition) is 0. The van der Waals surface area contributed by atoms with Crippen LogP contribution < -0.4 is 0 Å². The molecule has 0 saturated heterocycles. The molecule has 0 radical (unpaired) electrons. The molecule has 6 heteroatoms. The van der Waals surface area contributed by atoms with Crippen LogP contribution in [-0.2, 0) is 14.3 Å². The van der Waals surface area contributed by atoms with E-state index >= 15 is 0 Å². The van der Waals surface area contributed by atoms with Crippen LogP contribution in [0.3, 0.4) is 0 Å². The summed E-state index contributed by atoms with van der Waals surface area (Å²) < 4.78 is 10.3. The zero-order valence-corrected chi connectivity index (χ0v) is 14.8. The summed E-state index contributed by atoms with van der Waals surface area (Å²) in [5.41, 5.74) is 2.04. The molecule has 0 amide bonds. The summed E-state index contributed by atoms with van der Waals surface area (Å²) in [6, 6.07) is 13.6. The average molecular weight is 370 g/mol. The van der Waals surface area contributed by atoms with E-state index in [1.54, 1.807) is 54.6 Å². The van der Waals surface area contributed by atoms with Crippen LogP contribution in [0.25, 0.3) is 6.08 Å². The number of nitrogens with zero attached hydrogens (tertiary/aromatic N) is 1. The summed E-state index contributed by atoms with van der Waals surface area (Å²) in [5.74, 6) is -0.659. The number of ether oxygens (including phenoxy) is 2. The Hall–Kier alpha value is -2.92. The summed E-state index contributed by atoms with van der Waals surface area (Å²) in [4.78, 5) is 28.0. The van der Waals surface area contributed by atoms with E-state index in [4.69, 9.17) is 21.1 Å². The second-order valence-corrected chi connectivity index (χ2v) is 6.04. The van der Waals surface area contributed by atoms with Crippen LogP contribution in [0.1, 0.15) is 34.8 Å². The highest BCUT2D eigenvalue weighted by Gasteiger charge is 2.24.